The number of rotatable bonds is 6. The summed E-state index contributed by atoms with van der Waals surface area (Å²) in [5.74, 6) is -1.94. The average molecular weight is 306 g/mol. The van der Waals surface area contributed by atoms with Crippen molar-refractivity contribution in [1.82, 2.24) is 4.31 Å². The Morgan fingerprint density at radius 1 is 1.30 bits per heavy atom. The number of benzene rings is 1. The molecule has 0 bridgehead atoms. The lowest BCUT2D eigenvalue weighted by atomic mass is 10.2. The molecule has 0 aliphatic carbocycles. The van der Waals surface area contributed by atoms with Crippen LogP contribution in [-0.2, 0) is 16.6 Å². The Labute approximate surface area is 118 Å². The Bertz CT molecular complexity index is 576. The van der Waals surface area contributed by atoms with Crippen LogP contribution in [0.3, 0.4) is 0 Å². The fourth-order valence-corrected chi connectivity index (χ4v) is 3.82. The van der Waals surface area contributed by atoms with Crippen molar-refractivity contribution in [2.75, 3.05) is 6.54 Å². The van der Waals surface area contributed by atoms with E-state index < -0.39 is 38.7 Å². The van der Waals surface area contributed by atoms with E-state index in [9.17, 15) is 17.2 Å². The van der Waals surface area contributed by atoms with E-state index in [-0.39, 0.29) is 12.6 Å². The normalized spacial score (nSPS) is 13.8. The van der Waals surface area contributed by atoms with Gasteiger partial charge in [0.1, 0.15) is 10.7 Å². The van der Waals surface area contributed by atoms with E-state index >= 15 is 0 Å². The molecule has 1 aromatic rings. The quantitative estimate of drug-likeness (QED) is 0.876. The van der Waals surface area contributed by atoms with Gasteiger partial charge in [0.15, 0.2) is 5.82 Å². The van der Waals surface area contributed by atoms with Crippen molar-refractivity contribution in [3.05, 3.63) is 29.3 Å². The molecule has 1 aromatic carbocycles. The molecule has 20 heavy (non-hydrogen) atoms. The van der Waals surface area contributed by atoms with Crippen LogP contribution in [-0.4, -0.2) is 25.3 Å². The third-order valence-electron chi connectivity index (χ3n) is 3.34. The van der Waals surface area contributed by atoms with Gasteiger partial charge in [0.05, 0.1) is 0 Å². The molecule has 4 nitrogen and oxygen atoms in total. The van der Waals surface area contributed by atoms with Crippen molar-refractivity contribution in [3.63, 3.8) is 0 Å². The molecule has 0 aliphatic heterocycles. The van der Waals surface area contributed by atoms with Gasteiger partial charge in [-0.25, -0.2) is 17.2 Å². The molecule has 0 aromatic heterocycles. The third kappa shape index (κ3) is 2.99. The standard InChI is InChI=1S/C13H20F2N2O2S/c1-4-9(3)17(5-2)20(18,19)12-7-6-11(14)10(8-16)13(12)15/h6-7,9H,4-5,8,16H2,1-3H3. The van der Waals surface area contributed by atoms with E-state index in [0.29, 0.717) is 6.42 Å². The monoisotopic (exact) mass is 306 g/mol. The van der Waals surface area contributed by atoms with Crippen molar-refractivity contribution in [1.29, 1.82) is 0 Å². The fraction of sp³-hybridized carbons (Fsp3) is 0.538. The Hall–Kier alpha value is -1.05. The summed E-state index contributed by atoms with van der Waals surface area (Å²) in [4.78, 5) is -0.526. The van der Waals surface area contributed by atoms with Crippen molar-refractivity contribution in [2.24, 2.45) is 5.73 Å². The largest absolute Gasteiger partial charge is 0.326 e. The van der Waals surface area contributed by atoms with Crippen LogP contribution in [0.4, 0.5) is 8.78 Å². The van der Waals surface area contributed by atoms with Gasteiger partial charge in [0, 0.05) is 24.7 Å². The molecular formula is C13H20F2N2O2S. The van der Waals surface area contributed by atoms with Crippen molar-refractivity contribution in [3.8, 4) is 0 Å². The Kier molecular flexibility index (Phi) is 5.61. The van der Waals surface area contributed by atoms with Gasteiger partial charge >= 0.3 is 0 Å². The van der Waals surface area contributed by atoms with E-state index in [1.807, 2.05) is 6.92 Å². The van der Waals surface area contributed by atoms with Crippen LogP contribution in [0.5, 0.6) is 0 Å². The molecular weight excluding hydrogens is 286 g/mol. The van der Waals surface area contributed by atoms with Gasteiger partial charge in [-0.05, 0) is 25.5 Å². The molecule has 7 heteroatoms. The molecule has 1 atom stereocenters. The van der Waals surface area contributed by atoms with Crippen LogP contribution in [0.2, 0.25) is 0 Å². The predicted molar refractivity (Wildman–Crippen MR) is 73.6 cm³/mol. The van der Waals surface area contributed by atoms with Gasteiger partial charge in [0.25, 0.3) is 0 Å². The van der Waals surface area contributed by atoms with E-state index in [1.54, 1.807) is 13.8 Å². The summed E-state index contributed by atoms with van der Waals surface area (Å²) in [5, 5.41) is 0. The summed E-state index contributed by atoms with van der Waals surface area (Å²) in [7, 11) is -4.01. The summed E-state index contributed by atoms with van der Waals surface area (Å²) in [6.45, 7) is 5.08. The van der Waals surface area contributed by atoms with E-state index in [1.165, 1.54) is 4.31 Å². The molecule has 0 saturated heterocycles. The second kappa shape index (κ2) is 6.60. The number of hydrogen-bond donors (Lipinski definition) is 1. The highest BCUT2D eigenvalue weighted by Crippen LogP contribution is 2.25. The predicted octanol–water partition coefficient (Wildman–Crippen LogP) is 2.23. The molecule has 0 heterocycles. The molecule has 114 valence electrons. The maximum atomic E-state index is 14.2. The van der Waals surface area contributed by atoms with Gasteiger partial charge in [-0.15, -0.1) is 0 Å². The first-order chi connectivity index (χ1) is 9.31. The SMILES string of the molecule is CCC(C)N(CC)S(=O)(=O)c1ccc(F)c(CN)c1F. The van der Waals surface area contributed by atoms with Crippen LogP contribution in [0.15, 0.2) is 17.0 Å². The number of nitrogens with two attached hydrogens (primary N) is 1. The highest BCUT2D eigenvalue weighted by Gasteiger charge is 2.31. The molecule has 1 unspecified atom stereocenters. The Morgan fingerprint density at radius 2 is 1.90 bits per heavy atom. The first-order valence-electron chi connectivity index (χ1n) is 6.49. The minimum absolute atomic E-state index is 0.214. The number of nitrogens with zero attached hydrogens (tertiary/aromatic N) is 1. The second-order valence-corrected chi connectivity index (χ2v) is 6.37. The van der Waals surface area contributed by atoms with Crippen molar-refractivity contribution in [2.45, 2.75) is 44.7 Å². The zero-order valence-electron chi connectivity index (χ0n) is 11.9. The van der Waals surface area contributed by atoms with Crippen LogP contribution in [0.25, 0.3) is 0 Å². The molecule has 0 saturated carbocycles. The Balaban J connectivity index is 3.43. The first-order valence-corrected chi connectivity index (χ1v) is 7.93. The number of halogens is 2. The van der Waals surface area contributed by atoms with Crippen molar-refractivity contribution >= 4 is 10.0 Å². The van der Waals surface area contributed by atoms with Crippen molar-refractivity contribution < 1.29 is 17.2 Å². The van der Waals surface area contributed by atoms with Crippen LogP contribution in [0.1, 0.15) is 32.8 Å². The lowest BCUT2D eigenvalue weighted by Crippen LogP contribution is -2.38. The highest BCUT2D eigenvalue weighted by molar-refractivity contribution is 7.89. The third-order valence-corrected chi connectivity index (χ3v) is 5.44. The summed E-state index contributed by atoms with van der Waals surface area (Å²) in [6, 6.07) is 1.61. The van der Waals surface area contributed by atoms with E-state index in [2.05, 4.69) is 0 Å². The molecule has 0 aliphatic rings. The Morgan fingerprint density at radius 3 is 2.35 bits per heavy atom. The lowest BCUT2D eigenvalue weighted by molar-refractivity contribution is 0.340. The molecule has 2 N–H and O–H groups in total. The summed E-state index contributed by atoms with van der Waals surface area (Å²) < 4.78 is 53.7. The average Bonchev–Trinajstić information content (AvgIpc) is 2.39. The maximum Gasteiger partial charge on any atom is 0.246 e. The smallest absolute Gasteiger partial charge is 0.246 e. The van der Waals surface area contributed by atoms with E-state index in [0.717, 1.165) is 12.1 Å². The van der Waals surface area contributed by atoms with Gasteiger partial charge < -0.3 is 5.73 Å². The molecule has 1 rings (SSSR count). The topological polar surface area (TPSA) is 63.4 Å². The summed E-state index contributed by atoms with van der Waals surface area (Å²) >= 11 is 0. The fourth-order valence-electron chi connectivity index (χ4n) is 2.01. The lowest BCUT2D eigenvalue weighted by Gasteiger charge is -2.26. The minimum atomic E-state index is -4.01. The molecule has 0 fully saturated rings. The first kappa shape index (κ1) is 17.0. The number of hydrogen-bond acceptors (Lipinski definition) is 3. The number of sulfonamides is 1. The second-order valence-electron chi connectivity index (χ2n) is 4.51. The maximum absolute atomic E-state index is 14.2. The zero-order chi connectivity index (χ0) is 15.5. The van der Waals surface area contributed by atoms with Crippen LogP contribution >= 0.6 is 0 Å². The highest BCUT2D eigenvalue weighted by atomic mass is 32.2. The van der Waals surface area contributed by atoms with E-state index in [4.69, 9.17) is 5.73 Å². The van der Waals surface area contributed by atoms with Gasteiger partial charge in [0.2, 0.25) is 10.0 Å². The summed E-state index contributed by atoms with van der Waals surface area (Å²) in [6.07, 6.45) is 0.597. The van der Waals surface area contributed by atoms with Gasteiger partial charge in [-0.2, -0.15) is 4.31 Å². The van der Waals surface area contributed by atoms with Crippen LogP contribution in [0, 0.1) is 11.6 Å². The van der Waals surface area contributed by atoms with Gasteiger partial charge in [-0.3, -0.25) is 0 Å². The van der Waals surface area contributed by atoms with Gasteiger partial charge in [-0.1, -0.05) is 13.8 Å². The molecule has 0 amide bonds. The molecule has 0 spiro atoms. The zero-order valence-corrected chi connectivity index (χ0v) is 12.7. The van der Waals surface area contributed by atoms with Crippen LogP contribution < -0.4 is 5.73 Å². The minimum Gasteiger partial charge on any atom is -0.326 e. The summed E-state index contributed by atoms with van der Waals surface area (Å²) in [5.41, 5.74) is 4.86. The molecule has 0 radical (unpaired) electrons.